The van der Waals surface area contributed by atoms with Crippen LogP contribution < -0.4 is 4.74 Å². The Bertz CT molecular complexity index is 567. The summed E-state index contributed by atoms with van der Waals surface area (Å²) < 4.78 is 5.62. The van der Waals surface area contributed by atoms with Gasteiger partial charge in [-0.1, -0.05) is 40.2 Å². The Labute approximate surface area is 120 Å². The minimum absolute atomic E-state index is 0.281. The molecule has 0 heterocycles. The summed E-state index contributed by atoms with van der Waals surface area (Å²) in [6.45, 7) is 0.352. The second-order valence-corrected chi connectivity index (χ2v) is 4.64. The zero-order valence-corrected chi connectivity index (χ0v) is 11.8. The first kappa shape index (κ1) is 13.6. The molecule has 0 radical (unpaired) electrons. The lowest BCUT2D eigenvalue weighted by molar-refractivity contribution is 0.0696. The van der Waals surface area contributed by atoms with Crippen molar-refractivity contribution >= 4 is 21.9 Å². The number of aromatic carboxylic acids is 1. The molecule has 4 heteroatoms. The van der Waals surface area contributed by atoms with Crippen molar-refractivity contribution in [2.75, 3.05) is 0 Å². The smallest absolute Gasteiger partial charge is 0.335 e. The first-order chi connectivity index (χ1) is 9.19. The lowest BCUT2D eigenvalue weighted by Crippen LogP contribution is -2.02. The van der Waals surface area contributed by atoms with Gasteiger partial charge in [0.2, 0.25) is 0 Å². The lowest BCUT2D eigenvalue weighted by Gasteiger charge is -2.08. The fourth-order valence-electron chi connectivity index (χ4n) is 1.73. The highest BCUT2D eigenvalue weighted by molar-refractivity contribution is 9.08. The molecule has 98 valence electrons. The molecule has 2 aromatic carbocycles. The van der Waals surface area contributed by atoms with E-state index in [1.54, 1.807) is 12.1 Å². The summed E-state index contributed by atoms with van der Waals surface area (Å²) in [5, 5.41) is 9.68. The van der Waals surface area contributed by atoms with Crippen molar-refractivity contribution in [3.05, 3.63) is 65.2 Å². The number of alkyl halides is 1. The predicted molar refractivity (Wildman–Crippen MR) is 76.8 cm³/mol. The van der Waals surface area contributed by atoms with E-state index in [4.69, 9.17) is 9.84 Å². The molecular formula is C15H13BrO3. The van der Waals surface area contributed by atoms with Crippen LogP contribution in [-0.4, -0.2) is 11.1 Å². The van der Waals surface area contributed by atoms with Crippen molar-refractivity contribution in [3.8, 4) is 5.75 Å². The molecule has 0 aromatic heterocycles. The fraction of sp³-hybridized carbons (Fsp3) is 0.133. The number of benzene rings is 2. The maximum absolute atomic E-state index is 11.0. The Morgan fingerprint density at radius 1 is 1.11 bits per heavy atom. The van der Waals surface area contributed by atoms with Gasteiger partial charge >= 0.3 is 5.97 Å². The Kier molecular flexibility index (Phi) is 4.58. The number of para-hydroxylation sites is 1. The molecule has 2 aromatic rings. The van der Waals surface area contributed by atoms with Gasteiger partial charge in [0.15, 0.2) is 0 Å². The van der Waals surface area contributed by atoms with Crippen LogP contribution in [0.5, 0.6) is 5.75 Å². The second kappa shape index (κ2) is 6.38. The zero-order chi connectivity index (χ0) is 13.7. The highest BCUT2D eigenvalue weighted by Gasteiger charge is 2.07. The molecule has 0 aliphatic rings. The topological polar surface area (TPSA) is 46.5 Å². The van der Waals surface area contributed by atoms with Crippen molar-refractivity contribution in [2.45, 2.75) is 11.9 Å². The quantitative estimate of drug-likeness (QED) is 0.851. The van der Waals surface area contributed by atoms with Gasteiger partial charge in [0.05, 0.1) is 5.56 Å². The summed E-state index contributed by atoms with van der Waals surface area (Å²) in [7, 11) is 0. The molecular weight excluding hydrogens is 308 g/mol. The van der Waals surface area contributed by atoms with E-state index in [2.05, 4.69) is 15.9 Å². The summed E-state index contributed by atoms with van der Waals surface area (Å²) in [5.41, 5.74) is 2.05. The largest absolute Gasteiger partial charge is 0.489 e. The highest BCUT2D eigenvalue weighted by atomic mass is 79.9. The van der Waals surface area contributed by atoms with E-state index in [0.717, 1.165) is 16.9 Å². The van der Waals surface area contributed by atoms with Gasteiger partial charge in [-0.05, 0) is 35.4 Å². The third-order valence-corrected chi connectivity index (χ3v) is 3.25. The van der Waals surface area contributed by atoms with Crippen LogP contribution in [0.25, 0.3) is 0 Å². The number of carboxylic acids is 1. The van der Waals surface area contributed by atoms with Crippen LogP contribution in [0.3, 0.4) is 0 Å². The molecule has 0 aliphatic carbocycles. The van der Waals surface area contributed by atoms with Crippen LogP contribution in [-0.2, 0) is 11.9 Å². The first-order valence-electron chi connectivity index (χ1n) is 5.79. The van der Waals surface area contributed by atoms with Crippen LogP contribution in [0.1, 0.15) is 21.5 Å². The number of hydrogen-bond donors (Lipinski definition) is 1. The normalized spacial score (nSPS) is 10.2. The fourth-order valence-corrected chi connectivity index (χ4v) is 2.05. The summed E-state index contributed by atoms with van der Waals surface area (Å²) in [4.78, 5) is 11.0. The van der Waals surface area contributed by atoms with Gasteiger partial charge in [-0.25, -0.2) is 4.79 Å². The molecule has 1 N–H and O–H groups in total. The van der Waals surface area contributed by atoms with Crippen LogP contribution in [0.2, 0.25) is 0 Å². The Morgan fingerprint density at radius 3 is 2.42 bits per heavy atom. The minimum atomic E-state index is -0.927. The highest BCUT2D eigenvalue weighted by Crippen LogP contribution is 2.16. The van der Waals surface area contributed by atoms with E-state index in [1.165, 1.54) is 0 Å². The Hall–Kier alpha value is -1.81. The van der Waals surface area contributed by atoms with Crippen molar-refractivity contribution in [1.29, 1.82) is 0 Å². The van der Waals surface area contributed by atoms with Gasteiger partial charge in [-0.2, -0.15) is 0 Å². The molecule has 0 amide bonds. The van der Waals surface area contributed by atoms with E-state index in [0.29, 0.717) is 11.9 Å². The molecule has 19 heavy (non-hydrogen) atoms. The molecule has 2 rings (SSSR count). The zero-order valence-electron chi connectivity index (χ0n) is 10.2. The number of carbonyl (C=O) groups is 1. The van der Waals surface area contributed by atoms with Crippen molar-refractivity contribution in [3.63, 3.8) is 0 Å². The number of hydrogen-bond acceptors (Lipinski definition) is 2. The monoisotopic (exact) mass is 320 g/mol. The Morgan fingerprint density at radius 2 is 1.79 bits per heavy atom. The predicted octanol–water partition coefficient (Wildman–Crippen LogP) is 3.86. The minimum Gasteiger partial charge on any atom is -0.489 e. The maximum atomic E-state index is 11.0. The second-order valence-electron chi connectivity index (χ2n) is 4.08. The number of carboxylic acid groups (broad SMARTS) is 1. The third-order valence-electron chi connectivity index (χ3n) is 2.60. The Balaban J connectivity index is 2.15. The van der Waals surface area contributed by atoms with Gasteiger partial charge in [0.25, 0.3) is 0 Å². The molecule has 3 nitrogen and oxygen atoms in total. The van der Waals surface area contributed by atoms with E-state index < -0.39 is 5.97 Å². The summed E-state index contributed by atoms with van der Waals surface area (Å²) in [5.74, 6) is -0.160. The number of rotatable bonds is 5. The molecule has 0 fully saturated rings. The molecule has 0 unspecified atom stereocenters. The van der Waals surface area contributed by atoms with Gasteiger partial charge in [0.1, 0.15) is 12.4 Å². The molecule has 0 atom stereocenters. The van der Waals surface area contributed by atoms with Gasteiger partial charge in [-0.3, -0.25) is 0 Å². The summed E-state index contributed by atoms with van der Waals surface area (Å²) in [6.07, 6.45) is 0. The molecule has 0 bridgehead atoms. The number of ether oxygens (including phenoxy) is 1. The van der Waals surface area contributed by atoms with E-state index in [-0.39, 0.29) is 5.56 Å². The van der Waals surface area contributed by atoms with Crippen LogP contribution >= 0.6 is 15.9 Å². The SMILES string of the molecule is O=C(O)c1cc(CBr)cc(COc2ccccc2)c1. The van der Waals surface area contributed by atoms with Crippen molar-refractivity contribution < 1.29 is 14.6 Å². The standard InChI is InChI=1S/C15H13BrO3/c16-9-11-6-12(8-13(7-11)15(17)18)10-19-14-4-2-1-3-5-14/h1-8H,9-10H2,(H,17,18). The van der Waals surface area contributed by atoms with E-state index >= 15 is 0 Å². The average molecular weight is 321 g/mol. The summed E-state index contributed by atoms with van der Waals surface area (Å²) >= 11 is 3.34. The maximum Gasteiger partial charge on any atom is 0.335 e. The molecule has 0 spiro atoms. The number of halogens is 1. The summed E-state index contributed by atoms with van der Waals surface area (Å²) in [6, 6.07) is 14.7. The average Bonchev–Trinajstić information content (AvgIpc) is 2.45. The van der Waals surface area contributed by atoms with Gasteiger partial charge < -0.3 is 9.84 Å². The van der Waals surface area contributed by atoms with Crippen molar-refractivity contribution in [2.24, 2.45) is 0 Å². The van der Waals surface area contributed by atoms with Crippen LogP contribution in [0.4, 0.5) is 0 Å². The van der Waals surface area contributed by atoms with Gasteiger partial charge in [-0.15, -0.1) is 0 Å². The molecule has 0 saturated heterocycles. The third kappa shape index (κ3) is 3.83. The molecule has 0 aliphatic heterocycles. The van der Waals surface area contributed by atoms with E-state index in [9.17, 15) is 4.79 Å². The lowest BCUT2D eigenvalue weighted by atomic mass is 10.1. The molecule has 0 saturated carbocycles. The first-order valence-corrected chi connectivity index (χ1v) is 6.91. The van der Waals surface area contributed by atoms with Crippen molar-refractivity contribution in [1.82, 2.24) is 0 Å². The van der Waals surface area contributed by atoms with Gasteiger partial charge in [0, 0.05) is 5.33 Å². The van der Waals surface area contributed by atoms with Crippen LogP contribution in [0, 0.1) is 0 Å². The van der Waals surface area contributed by atoms with Crippen LogP contribution in [0.15, 0.2) is 48.5 Å². The van der Waals surface area contributed by atoms with E-state index in [1.807, 2.05) is 36.4 Å².